The molecule has 0 fully saturated rings. The van der Waals surface area contributed by atoms with Crippen molar-refractivity contribution in [2.45, 2.75) is 0 Å². The molecule has 0 unspecified atom stereocenters. The SMILES string of the molecule is O=[N+]([O-])c1ccc(Cl)cc1Oc1cccc(O)c1. The molecule has 0 spiro atoms. The van der Waals surface area contributed by atoms with Crippen molar-refractivity contribution in [3.8, 4) is 17.2 Å². The van der Waals surface area contributed by atoms with Gasteiger partial charge in [0.2, 0.25) is 5.75 Å². The van der Waals surface area contributed by atoms with E-state index in [1.165, 1.54) is 30.3 Å². The number of benzene rings is 2. The van der Waals surface area contributed by atoms with Crippen LogP contribution in [0.5, 0.6) is 17.2 Å². The zero-order valence-corrected chi connectivity index (χ0v) is 9.79. The van der Waals surface area contributed by atoms with E-state index >= 15 is 0 Å². The molecule has 0 bridgehead atoms. The van der Waals surface area contributed by atoms with Crippen LogP contribution in [0.25, 0.3) is 0 Å². The molecule has 92 valence electrons. The molecule has 0 radical (unpaired) electrons. The first-order chi connectivity index (χ1) is 8.56. The van der Waals surface area contributed by atoms with Gasteiger partial charge in [0.05, 0.1) is 4.92 Å². The first kappa shape index (κ1) is 12.2. The lowest BCUT2D eigenvalue weighted by molar-refractivity contribution is -0.385. The molecule has 0 amide bonds. The second-order valence-electron chi connectivity index (χ2n) is 3.47. The molecular weight excluding hydrogens is 258 g/mol. The summed E-state index contributed by atoms with van der Waals surface area (Å²) in [7, 11) is 0. The van der Waals surface area contributed by atoms with E-state index in [1.54, 1.807) is 12.1 Å². The van der Waals surface area contributed by atoms with E-state index in [1.807, 2.05) is 0 Å². The van der Waals surface area contributed by atoms with Crippen molar-refractivity contribution in [3.63, 3.8) is 0 Å². The van der Waals surface area contributed by atoms with Crippen LogP contribution < -0.4 is 4.74 Å². The fourth-order valence-corrected chi connectivity index (χ4v) is 1.56. The molecule has 5 nitrogen and oxygen atoms in total. The second kappa shape index (κ2) is 4.93. The maximum atomic E-state index is 10.8. The highest BCUT2D eigenvalue weighted by Crippen LogP contribution is 2.34. The number of phenolic OH excluding ortho intramolecular Hbond substituents is 1. The number of nitro benzene ring substituents is 1. The van der Waals surface area contributed by atoms with Gasteiger partial charge in [0.15, 0.2) is 0 Å². The number of rotatable bonds is 3. The van der Waals surface area contributed by atoms with Crippen LogP contribution in [-0.2, 0) is 0 Å². The lowest BCUT2D eigenvalue weighted by Gasteiger charge is -2.06. The van der Waals surface area contributed by atoms with Crippen molar-refractivity contribution in [1.82, 2.24) is 0 Å². The summed E-state index contributed by atoms with van der Waals surface area (Å²) in [6, 6.07) is 9.99. The molecule has 0 saturated carbocycles. The van der Waals surface area contributed by atoms with Crippen molar-refractivity contribution < 1.29 is 14.8 Å². The molecule has 2 aromatic rings. The highest BCUT2D eigenvalue weighted by Gasteiger charge is 2.16. The molecular formula is C12H8ClNO4. The summed E-state index contributed by atoms with van der Waals surface area (Å²) in [5, 5.41) is 20.4. The minimum atomic E-state index is -0.561. The topological polar surface area (TPSA) is 72.6 Å². The summed E-state index contributed by atoms with van der Waals surface area (Å²) in [5.41, 5.74) is -0.192. The Bertz CT molecular complexity index is 600. The van der Waals surface area contributed by atoms with E-state index in [0.717, 1.165) is 0 Å². The number of nitrogens with zero attached hydrogens (tertiary/aromatic N) is 1. The molecule has 0 aromatic heterocycles. The highest BCUT2D eigenvalue weighted by atomic mass is 35.5. The maximum absolute atomic E-state index is 10.8. The quantitative estimate of drug-likeness (QED) is 0.678. The molecule has 0 aliphatic carbocycles. The Labute approximate surface area is 107 Å². The summed E-state index contributed by atoms with van der Waals surface area (Å²) in [6.07, 6.45) is 0. The van der Waals surface area contributed by atoms with Crippen molar-refractivity contribution in [2.75, 3.05) is 0 Å². The second-order valence-corrected chi connectivity index (χ2v) is 3.91. The monoisotopic (exact) mass is 265 g/mol. The van der Waals surface area contributed by atoms with Crippen LogP contribution in [-0.4, -0.2) is 10.0 Å². The number of ether oxygens (including phenoxy) is 1. The van der Waals surface area contributed by atoms with Crippen LogP contribution in [0.4, 0.5) is 5.69 Å². The van der Waals surface area contributed by atoms with Gasteiger partial charge in [0.1, 0.15) is 11.5 Å². The Morgan fingerprint density at radius 2 is 2.00 bits per heavy atom. The van der Waals surface area contributed by atoms with E-state index < -0.39 is 4.92 Å². The summed E-state index contributed by atoms with van der Waals surface area (Å²) >= 11 is 5.77. The Morgan fingerprint density at radius 3 is 2.67 bits per heavy atom. The van der Waals surface area contributed by atoms with E-state index in [0.29, 0.717) is 10.8 Å². The summed E-state index contributed by atoms with van der Waals surface area (Å²) < 4.78 is 5.35. The molecule has 0 atom stereocenters. The van der Waals surface area contributed by atoms with Gasteiger partial charge in [-0.3, -0.25) is 10.1 Å². The van der Waals surface area contributed by atoms with E-state index in [-0.39, 0.29) is 17.2 Å². The standard InChI is InChI=1S/C12H8ClNO4/c13-8-4-5-11(14(16)17)12(6-8)18-10-3-1-2-9(15)7-10/h1-7,15H. The third kappa shape index (κ3) is 2.70. The van der Waals surface area contributed by atoms with Crippen LogP contribution >= 0.6 is 11.6 Å². The van der Waals surface area contributed by atoms with Crippen molar-refractivity contribution in [3.05, 3.63) is 57.6 Å². The molecule has 0 aliphatic heterocycles. The molecule has 0 heterocycles. The lowest BCUT2D eigenvalue weighted by Crippen LogP contribution is -1.93. The predicted molar refractivity (Wildman–Crippen MR) is 66.3 cm³/mol. The normalized spacial score (nSPS) is 10.1. The van der Waals surface area contributed by atoms with Gasteiger partial charge < -0.3 is 9.84 Å². The average Bonchev–Trinajstić information content (AvgIpc) is 2.28. The number of aromatic hydroxyl groups is 1. The first-order valence-corrected chi connectivity index (χ1v) is 5.35. The minimum Gasteiger partial charge on any atom is -0.508 e. The number of nitro groups is 1. The van der Waals surface area contributed by atoms with E-state index in [9.17, 15) is 15.2 Å². The largest absolute Gasteiger partial charge is 0.508 e. The molecule has 6 heteroatoms. The fraction of sp³-hybridized carbons (Fsp3) is 0. The first-order valence-electron chi connectivity index (χ1n) is 4.97. The number of hydrogen-bond acceptors (Lipinski definition) is 4. The van der Waals surface area contributed by atoms with Gasteiger partial charge in [-0.05, 0) is 18.2 Å². The summed E-state index contributed by atoms with van der Waals surface area (Å²) in [5.74, 6) is 0.329. The van der Waals surface area contributed by atoms with Gasteiger partial charge in [-0.25, -0.2) is 0 Å². The van der Waals surface area contributed by atoms with E-state index in [2.05, 4.69) is 0 Å². The Hall–Kier alpha value is -2.27. The van der Waals surface area contributed by atoms with Crippen molar-refractivity contribution in [1.29, 1.82) is 0 Å². The Kier molecular flexibility index (Phi) is 3.34. The molecule has 0 saturated heterocycles. The van der Waals surface area contributed by atoms with Gasteiger partial charge >= 0.3 is 5.69 Å². The van der Waals surface area contributed by atoms with Crippen LogP contribution in [0.2, 0.25) is 5.02 Å². The van der Waals surface area contributed by atoms with Gasteiger partial charge in [0, 0.05) is 23.2 Å². The van der Waals surface area contributed by atoms with E-state index in [4.69, 9.17) is 16.3 Å². The van der Waals surface area contributed by atoms with Crippen LogP contribution in [0.1, 0.15) is 0 Å². The zero-order chi connectivity index (χ0) is 13.1. The molecule has 2 aromatic carbocycles. The summed E-state index contributed by atoms with van der Waals surface area (Å²) in [6.45, 7) is 0. The third-order valence-electron chi connectivity index (χ3n) is 2.16. The van der Waals surface area contributed by atoms with Crippen LogP contribution in [0.15, 0.2) is 42.5 Å². The van der Waals surface area contributed by atoms with Gasteiger partial charge in [-0.1, -0.05) is 17.7 Å². The third-order valence-corrected chi connectivity index (χ3v) is 2.40. The maximum Gasteiger partial charge on any atom is 0.311 e. The van der Waals surface area contributed by atoms with Crippen LogP contribution in [0.3, 0.4) is 0 Å². The van der Waals surface area contributed by atoms with Gasteiger partial charge in [-0.15, -0.1) is 0 Å². The van der Waals surface area contributed by atoms with Gasteiger partial charge in [-0.2, -0.15) is 0 Å². The molecule has 1 N–H and O–H groups in total. The smallest absolute Gasteiger partial charge is 0.311 e. The molecule has 18 heavy (non-hydrogen) atoms. The van der Waals surface area contributed by atoms with Gasteiger partial charge in [0.25, 0.3) is 0 Å². The Morgan fingerprint density at radius 1 is 1.22 bits per heavy atom. The fourth-order valence-electron chi connectivity index (χ4n) is 1.39. The number of halogens is 1. The predicted octanol–water partition coefficient (Wildman–Crippen LogP) is 3.75. The highest BCUT2D eigenvalue weighted by molar-refractivity contribution is 6.30. The molecule has 0 aliphatic rings. The number of hydrogen-bond donors (Lipinski definition) is 1. The Balaban J connectivity index is 2.39. The summed E-state index contributed by atoms with van der Waals surface area (Å²) in [4.78, 5) is 10.3. The zero-order valence-electron chi connectivity index (χ0n) is 9.04. The minimum absolute atomic E-state index is 0.0113. The molecule has 2 rings (SSSR count). The van der Waals surface area contributed by atoms with Crippen molar-refractivity contribution in [2.24, 2.45) is 0 Å². The van der Waals surface area contributed by atoms with Crippen molar-refractivity contribution >= 4 is 17.3 Å². The number of phenols is 1. The van der Waals surface area contributed by atoms with Crippen LogP contribution in [0, 0.1) is 10.1 Å². The average molecular weight is 266 g/mol. The lowest BCUT2D eigenvalue weighted by atomic mass is 10.3.